The average Bonchev–Trinajstić information content (AvgIpc) is 1.86. The molecule has 1 aliphatic heterocycles. The van der Waals surface area contributed by atoms with Crippen molar-refractivity contribution in [2.45, 2.75) is 31.9 Å². The molecule has 0 aromatic rings. The van der Waals surface area contributed by atoms with Gasteiger partial charge in [-0.25, -0.2) is 0 Å². The van der Waals surface area contributed by atoms with Gasteiger partial charge in [0.05, 0.1) is 12.8 Å². The van der Waals surface area contributed by atoms with Gasteiger partial charge in [-0.1, -0.05) is 6.08 Å². The molecule has 58 valence electrons. The van der Waals surface area contributed by atoms with Crippen LogP contribution in [-0.2, 0) is 4.74 Å². The Balaban J connectivity index is 2.47. The van der Waals surface area contributed by atoms with E-state index in [4.69, 9.17) is 4.74 Å². The van der Waals surface area contributed by atoms with Crippen molar-refractivity contribution in [3.8, 4) is 0 Å². The van der Waals surface area contributed by atoms with Crippen LogP contribution in [0, 0.1) is 0 Å². The van der Waals surface area contributed by atoms with Crippen molar-refractivity contribution in [2.75, 3.05) is 6.73 Å². The number of nitrogens with one attached hydrogen (secondary N) is 1. The van der Waals surface area contributed by atoms with Gasteiger partial charge in [-0.15, -0.1) is 6.58 Å². The second kappa shape index (κ2) is 2.72. The Morgan fingerprint density at radius 1 is 1.70 bits per heavy atom. The standard InChI is InChI=1S/C8H15NO/c1-4-7-5-8(2,3)9-6-10-7/h4,7,9H,1,5-6H2,2-3H3. The Hall–Kier alpha value is -0.340. The van der Waals surface area contributed by atoms with E-state index in [2.05, 4.69) is 25.7 Å². The van der Waals surface area contributed by atoms with E-state index in [1.54, 1.807) is 0 Å². The predicted molar refractivity (Wildman–Crippen MR) is 41.8 cm³/mol. The van der Waals surface area contributed by atoms with Gasteiger partial charge in [0.15, 0.2) is 0 Å². The molecular weight excluding hydrogens is 126 g/mol. The second-order valence-electron chi connectivity index (χ2n) is 3.35. The summed E-state index contributed by atoms with van der Waals surface area (Å²) in [6.07, 6.45) is 3.11. The number of hydrogen-bond acceptors (Lipinski definition) is 2. The molecule has 1 heterocycles. The fraction of sp³-hybridized carbons (Fsp3) is 0.750. The normalized spacial score (nSPS) is 31.6. The summed E-state index contributed by atoms with van der Waals surface area (Å²) in [5.74, 6) is 0. The molecule has 0 aliphatic carbocycles. The van der Waals surface area contributed by atoms with E-state index in [0.29, 0.717) is 6.73 Å². The Morgan fingerprint density at radius 3 is 2.80 bits per heavy atom. The Morgan fingerprint density at radius 2 is 2.40 bits per heavy atom. The molecule has 10 heavy (non-hydrogen) atoms. The van der Waals surface area contributed by atoms with E-state index < -0.39 is 0 Å². The first kappa shape index (κ1) is 7.76. The molecule has 0 spiro atoms. The lowest BCUT2D eigenvalue weighted by Gasteiger charge is -2.35. The van der Waals surface area contributed by atoms with Gasteiger partial charge in [0.2, 0.25) is 0 Å². The van der Waals surface area contributed by atoms with Crippen LogP contribution >= 0.6 is 0 Å². The highest BCUT2D eigenvalue weighted by Gasteiger charge is 2.25. The zero-order valence-electron chi connectivity index (χ0n) is 6.68. The van der Waals surface area contributed by atoms with Crippen molar-refractivity contribution in [2.24, 2.45) is 0 Å². The van der Waals surface area contributed by atoms with Gasteiger partial charge < -0.3 is 4.74 Å². The van der Waals surface area contributed by atoms with E-state index in [1.165, 1.54) is 0 Å². The minimum absolute atomic E-state index is 0.205. The van der Waals surface area contributed by atoms with E-state index in [1.807, 2.05) is 6.08 Å². The maximum Gasteiger partial charge on any atom is 0.0977 e. The highest BCUT2D eigenvalue weighted by molar-refractivity contribution is 4.91. The first-order chi connectivity index (χ1) is 4.64. The molecule has 0 saturated carbocycles. The molecule has 1 atom stereocenters. The van der Waals surface area contributed by atoms with Crippen LogP contribution in [0.15, 0.2) is 12.7 Å². The zero-order valence-corrected chi connectivity index (χ0v) is 6.68. The fourth-order valence-corrected chi connectivity index (χ4v) is 1.13. The quantitative estimate of drug-likeness (QED) is 0.555. The van der Waals surface area contributed by atoms with Crippen LogP contribution in [0.4, 0.5) is 0 Å². The lowest BCUT2D eigenvalue weighted by Crippen LogP contribution is -2.48. The van der Waals surface area contributed by atoms with Crippen molar-refractivity contribution in [3.63, 3.8) is 0 Å². The smallest absolute Gasteiger partial charge is 0.0977 e. The number of ether oxygens (including phenoxy) is 1. The molecule has 1 N–H and O–H groups in total. The highest BCUT2D eigenvalue weighted by Crippen LogP contribution is 2.18. The largest absolute Gasteiger partial charge is 0.359 e. The molecule has 2 nitrogen and oxygen atoms in total. The van der Waals surface area contributed by atoms with Gasteiger partial charge in [-0.05, 0) is 20.3 Å². The number of hydrogen-bond donors (Lipinski definition) is 1. The third kappa shape index (κ3) is 1.82. The van der Waals surface area contributed by atoms with E-state index in [0.717, 1.165) is 6.42 Å². The van der Waals surface area contributed by atoms with Crippen molar-refractivity contribution in [1.82, 2.24) is 5.32 Å². The van der Waals surface area contributed by atoms with Gasteiger partial charge in [-0.3, -0.25) is 5.32 Å². The molecule has 0 radical (unpaired) electrons. The summed E-state index contributed by atoms with van der Waals surface area (Å²) < 4.78 is 5.33. The van der Waals surface area contributed by atoms with Gasteiger partial charge in [-0.2, -0.15) is 0 Å². The van der Waals surface area contributed by atoms with E-state index >= 15 is 0 Å². The van der Waals surface area contributed by atoms with Crippen LogP contribution in [0.2, 0.25) is 0 Å². The van der Waals surface area contributed by atoms with E-state index in [-0.39, 0.29) is 11.6 Å². The zero-order chi connectivity index (χ0) is 7.61. The van der Waals surface area contributed by atoms with Crippen LogP contribution in [0.3, 0.4) is 0 Å². The lowest BCUT2D eigenvalue weighted by molar-refractivity contribution is -0.00659. The molecule has 1 fully saturated rings. The molecule has 0 aromatic carbocycles. The topological polar surface area (TPSA) is 21.3 Å². The molecule has 0 bridgehead atoms. The molecule has 1 rings (SSSR count). The molecule has 1 unspecified atom stereocenters. The lowest BCUT2D eigenvalue weighted by atomic mass is 9.96. The van der Waals surface area contributed by atoms with E-state index in [9.17, 15) is 0 Å². The molecular formula is C8H15NO. The minimum atomic E-state index is 0.205. The van der Waals surface area contributed by atoms with Crippen LogP contribution < -0.4 is 5.32 Å². The molecule has 2 heteroatoms. The Bertz CT molecular complexity index is 131. The third-order valence-electron chi connectivity index (χ3n) is 1.82. The van der Waals surface area contributed by atoms with Crippen LogP contribution in [0.5, 0.6) is 0 Å². The maximum absolute atomic E-state index is 5.33. The maximum atomic E-state index is 5.33. The first-order valence-electron chi connectivity index (χ1n) is 3.63. The second-order valence-corrected chi connectivity index (χ2v) is 3.35. The van der Waals surface area contributed by atoms with Crippen molar-refractivity contribution in [1.29, 1.82) is 0 Å². The van der Waals surface area contributed by atoms with Gasteiger partial charge in [0.1, 0.15) is 0 Å². The average molecular weight is 141 g/mol. The van der Waals surface area contributed by atoms with Crippen molar-refractivity contribution < 1.29 is 4.74 Å². The Labute approximate surface area is 62.3 Å². The van der Waals surface area contributed by atoms with Crippen LogP contribution in [-0.4, -0.2) is 18.4 Å². The molecule has 1 aliphatic rings. The summed E-state index contributed by atoms with van der Waals surface area (Å²) >= 11 is 0. The Kier molecular flexibility index (Phi) is 2.11. The van der Waals surface area contributed by atoms with Gasteiger partial charge >= 0.3 is 0 Å². The monoisotopic (exact) mass is 141 g/mol. The summed E-state index contributed by atoms with van der Waals surface area (Å²) in [6, 6.07) is 0. The predicted octanol–water partition coefficient (Wildman–Crippen LogP) is 1.29. The van der Waals surface area contributed by atoms with Crippen LogP contribution in [0.1, 0.15) is 20.3 Å². The highest BCUT2D eigenvalue weighted by atomic mass is 16.5. The number of rotatable bonds is 1. The molecule has 0 aromatic heterocycles. The summed E-state index contributed by atoms with van der Waals surface area (Å²) in [4.78, 5) is 0. The van der Waals surface area contributed by atoms with Crippen molar-refractivity contribution in [3.05, 3.63) is 12.7 Å². The minimum Gasteiger partial charge on any atom is -0.359 e. The SMILES string of the molecule is C=CC1CC(C)(C)NCO1. The van der Waals surface area contributed by atoms with Crippen LogP contribution in [0.25, 0.3) is 0 Å². The fourth-order valence-electron chi connectivity index (χ4n) is 1.13. The third-order valence-corrected chi connectivity index (χ3v) is 1.82. The summed E-state index contributed by atoms with van der Waals surface area (Å²) in [5.41, 5.74) is 0.205. The van der Waals surface area contributed by atoms with Gasteiger partial charge in [0, 0.05) is 5.54 Å². The first-order valence-corrected chi connectivity index (χ1v) is 3.63. The summed E-state index contributed by atoms with van der Waals surface area (Å²) in [5, 5.41) is 3.25. The van der Waals surface area contributed by atoms with Crippen molar-refractivity contribution >= 4 is 0 Å². The summed E-state index contributed by atoms with van der Waals surface area (Å²) in [7, 11) is 0. The summed E-state index contributed by atoms with van der Waals surface area (Å²) in [6.45, 7) is 8.68. The molecule has 1 saturated heterocycles. The molecule has 0 amide bonds. The van der Waals surface area contributed by atoms with Gasteiger partial charge in [0.25, 0.3) is 0 Å².